The van der Waals surface area contributed by atoms with E-state index in [1.807, 2.05) is 30.3 Å². The van der Waals surface area contributed by atoms with Crippen molar-refractivity contribution in [3.63, 3.8) is 0 Å². The predicted molar refractivity (Wildman–Crippen MR) is 156 cm³/mol. The molecule has 1 fully saturated rings. The van der Waals surface area contributed by atoms with E-state index in [1.165, 1.54) is 18.2 Å². The minimum absolute atomic E-state index is 0.112. The smallest absolute Gasteiger partial charge is 0.249 e. The lowest BCUT2D eigenvalue weighted by Crippen LogP contribution is -2.43. The van der Waals surface area contributed by atoms with Gasteiger partial charge in [-0.15, -0.1) is 0 Å². The average Bonchev–Trinajstić information content (AvgIpc) is 3.34. The van der Waals surface area contributed by atoms with Gasteiger partial charge < -0.3 is 25.1 Å². The van der Waals surface area contributed by atoms with E-state index in [2.05, 4.69) is 20.5 Å². The minimum Gasteiger partial charge on any atom is -0.494 e. The second-order valence-electron chi connectivity index (χ2n) is 10.1. The Kier molecular flexibility index (Phi) is 7.97. The lowest BCUT2D eigenvalue weighted by molar-refractivity contribution is 0.0370. The number of pyridine rings is 1. The predicted octanol–water partition coefficient (Wildman–Crippen LogP) is 3.45. The molecule has 0 spiro atoms. The van der Waals surface area contributed by atoms with E-state index in [4.69, 9.17) is 19.6 Å². The van der Waals surface area contributed by atoms with E-state index >= 15 is 0 Å². The van der Waals surface area contributed by atoms with Crippen LogP contribution in [-0.4, -0.2) is 71.0 Å². The first-order valence-corrected chi connectivity index (χ1v) is 13.9. The third-order valence-corrected chi connectivity index (χ3v) is 7.13. The molecule has 0 radical (unpaired) electrons. The van der Waals surface area contributed by atoms with Gasteiger partial charge in [-0.3, -0.25) is 19.4 Å². The maximum atomic E-state index is 15.0. The molecule has 0 amide bonds. The van der Waals surface area contributed by atoms with E-state index in [1.54, 1.807) is 23.9 Å². The van der Waals surface area contributed by atoms with Crippen LogP contribution in [0.1, 0.15) is 18.2 Å². The number of amidine groups is 1. The Morgan fingerprint density at radius 3 is 2.67 bits per heavy atom. The number of nitrogens with one attached hydrogen (secondary N) is 3. The fraction of sp³-hybridized carbons (Fsp3) is 0.300. The number of aromatic nitrogens is 3. The Morgan fingerprint density at radius 2 is 1.90 bits per heavy atom. The second kappa shape index (κ2) is 12.1. The molecule has 12 heteroatoms. The fourth-order valence-corrected chi connectivity index (χ4v) is 5.16. The highest BCUT2D eigenvalue weighted by Crippen LogP contribution is 2.26. The summed E-state index contributed by atoms with van der Waals surface area (Å²) in [4.78, 5) is 21.8. The number of halogens is 2. The summed E-state index contributed by atoms with van der Waals surface area (Å²) in [5.74, 6) is -0.116. The van der Waals surface area contributed by atoms with Crippen LogP contribution in [0.25, 0.3) is 10.9 Å². The van der Waals surface area contributed by atoms with Crippen molar-refractivity contribution in [3.8, 4) is 5.75 Å². The first kappa shape index (κ1) is 27.6. The number of anilines is 1. The largest absolute Gasteiger partial charge is 0.494 e. The van der Waals surface area contributed by atoms with Gasteiger partial charge in [0.25, 0.3) is 0 Å². The van der Waals surface area contributed by atoms with Gasteiger partial charge in [0.1, 0.15) is 28.9 Å². The van der Waals surface area contributed by atoms with Crippen LogP contribution >= 0.6 is 0 Å². The van der Waals surface area contributed by atoms with E-state index in [-0.39, 0.29) is 29.5 Å². The lowest BCUT2D eigenvalue weighted by atomic mass is 10.1. The number of para-hydroxylation sites is 1. The number of benzene rings is 2. The fourth-order valence-electron chi connectivity index (χ4n) is 5.16. The van der Waals surface area contributed by atoms with Crippen molar-refractivity contribution in [3.05, 3.63) is 99.9 Å². The van der Waals surface area contributed by atoms with Gasteiger partial charge in [-0.1, -0.05) is 18.2 Å². The number of hydrogen-bond donors (Lipinski definition) is 3. The number of morpholine rings is 1. The third-order valence-electron chi connectivity index (χ3n) is 7.13. The summed E-state index contributed by atoms with van der Waals surface area (Å²) in [6, 6.07) is 12.9. The van der Waals surface area contributed by atoms with Gasteiger partial charge in [-0.25, -0.2) is 8.78 Å². The highest BCUT2D eigenvalue weighted by Gasteiger charge is 2.25. The van der Waals surface area contributed by atoms with Gasteiger partial charge in [0.2, 0.25) is 5.56 Å². The molecule has 2 aromatic carbocycles. The zero-order valence-corrected chi connectivity index (χ0v) is 23.1. The highest BCUT2D eigenvalue weighted by molar-refractivity contribution is 6.09. The van der Waals surface area contributed by atoms with Gasteiger partial charge in [-0.05, 0) is 25.1 Å². The molecule has 218 valence electrons. The van der Waals surface area contributed by atoms with Crippen molar-refractivity contribution in [2.75, 3.05) is 44.8 Å². The molecule has 1 unspecified atom stereocenters. The summed E-state index contributed by atoms with van der Waals surface area (Å²) in [5, 5.41) is 12.2. The molecule has 42 heavy (non-hydrogen) atoms. The maximum absolute atomic E-state index is 15.0. The number of aliphatic imine (C=N–C) groups is 1. The third kappa shape index (κ3) is 6.04. The van der Waals surface area contributed by atoms with Crippen LogP contribution in [0.5, 0.6) is 5.75 Å². The number of fused-ring (bicyclic) bond motifs is 1. The molecule has 10 nitrogen and oxygen atoms in total. The van der Waals surface area contributed by atoms with E-state index in [9.17, 15) is 13.6 Å². The quantitative estimate of drug-likeness (QED) is 0.281. The van der Waals surface area contributed by atoms with Gasteiger partial charge in [0.05, 0.1) is 37.9 Å². The molecule has 0 bridgehead atoms. The van der Waals surface area contributed by atoms with Crippen LogP contribution in [0, 0.1) is 11.6 Å². The molecular weight excluding hydrogens is 544 g/mol. The first-order chi connectivity index (χ1) is 20.5. The molecule has 2 aromatic heterocycles. The first-order valence-electron chi connectivity index (χ1n) is 13.9. The summed E-state index contributed by atoms with van der Waals surface area (Å²) in [7, 11) is 0. The van der Waals surface area contributed by atoms with E-state index < -0.39 is 11.6 Å². The Balaban J connectivity index is 1.35. The Labute approximate surface area is 240 Å². The second-order valence-corrected chi connectivity index (χ2v) is 10.1. The summed E-state index contributed by atoms with van der Waals surface area (Å²) in [6.07, 6.45) is 3.55. The number of ether oxygens (including phenoxy) is 2. The average molecular weight is 576 g/mol. The van der Waals surface area contributed by atoms with E-state index in [0.29, 0.717) is 54.9 Å². The van der Waals surface area contributed by atoms with Gasteiger partial charge in [-0.2, -0.15) is 5.10 Å². The zero-order chi connectivity index (χ0) is 29.1. The van der Waals surface area contributed by atoms with Crippen molar-refractivity contribution in [1.82, 2.24) is 25.0 Å². The van der Waals surface area contributed by atoms with Crippen molar-refractivity contribution in [2.45, 2.75) is 19.5 Å². The van der Waals surface area contributed by atoms with Crippen molar-refractivity contribution in [2.24, 2.45) is 4.99 Å². The van der Waals surface area contributed by atoms with Gasteiger partial charge in [0.15, 0.2) is 5.84 Å². The molecule has 4 heterocycles. The molecule has 2 aliphatic rings. The topological polar surface area (TPSA) is 109 Å². The Morgan fingerprint density at radius 1 is 1.12 bits per heavy atom. The van der Waals surface area contributed by atoms with Crippen LogP contribution in [0.4, 0.5) is 14.5 Å². The van der Waals surface area contributed by atoms with Crippen molar-refractivity contribution >= 4 is 22.4 Å². The summed E-state index contributed by atoms with van der Waals surface area (Å²) >= 11 is 0. The van der Waals surface area contributed by atoms with Crippen LogP contribution in [0.15, 0.2) is 76.4 Å². The maximum Gasteiger partial charge on any atom is 0.249 e. The molecule has 0 aliphatic carbocycles. The Bertz CT molecular complexity index is 1690. The molecular formula is C30H31F2N7O3. The van der Waals surface area contributed by atoms with Gasteiger partial charge >= 0.3 is 0 Å². The molecule has 0 saturated carbocycles. The van der Waals surface area contributed by atoms with Crippen molar-refractivity contribution < 1.29 is 18.3 Å². The summed E-state index contributed by atoms with van der Waals surface area (Å²) in [6.45, 7) is 5.53. The van der Waals surface area contributed by atoms with Crippen molar-refractivity contribution in [1.29, 1.82) is 0 Å². The minimum atomic E-state index is -0.703. The number of H-pyrrole nitrogens is 1. The summed E-state index contributed by atoms with van der Waals surface area (Å²) < 4.78 is 42.3. The molecule has 3 N–H and O–H groups in total. The number of hydrogen-bond acceptors (Lipinski definition) is 8. The SMILES string of the molecule is CCOc1cc(F)c(Cn2nc(C3=NC(CN4CCOCC4)C=C(Nc4cc[nH]c(=O)c4)N3)c3ccccc32)c(F)c1. The van der Waals surface area contributed by atoms with Crippen LogP contribution in [0.2, 0.25) is 0 Å². The van der Waals surface area contributed by atoms with Gasteiger partial charge in [0, 0.05) is 60.7 Å². The summed E-state index contributed by atoms with van der Waals surface area (Å²) in [5.41, 5.74) is 1.52. The van der Waals surface area contributed by atoms with E-state index in [0.717, 1.165) is 18.5 Å². The molecule has 6 rings (SSSR count). The Hall–Kier alpha value is -4.55. The monoisotopic (exact) mass is 575 g/mol. The normalized spacial score (nSPS) is 17.5. The number of rotatable bonds is 9. The van der Waals surface area contributed by atoms with Crippen LogP contribution in [0.3, 0.4) is 0 Å². The lowest BCUT2D eigenvalue weighted by Gasteiger charge is -2.30. The number of nitrogens with zero attached hydrogens (tertiary/aromatic N) is 4. The number of aromatic amines is 1. The molecule has 1 atom stereocenters. The molecule has 1 saturated heterocycles. The van der Waals surface area contributed by atoms with Crippen LogP contribution in [-0.2, 0) is 11.3 Å². The molecule has 4 aromatic rings. The standard InChI is InChI=1S/C30H31F2N7O3/c1-2-42-21-15-24(31)23(25(32)16-21)18-39-26-6-4-3-5-22(26)29(37-39)30-35-20(17-38-9-11-41-12-10-38)13-27(36-30)34-19-7-8-33-28(40)14-19/h3-8,13-16,20H,2,9-12,17-18H2,1H3,(H,35,36)(H2,33,34,40). The van der Waals surface area contributed by atoms with Crippen LogP contribution < -0.4 is 20.9 Å². The highest BCUT2D eigenvalue weighted by atomic mass is 19.1. The molecule has 2 aliphatic heterocycles. The zero-order valence-electron chi connectivity index (χ0n) is 23.1.